The Kier molecular flexibility index (Phi) is 5.48. The third-order valence-corrected chi connectivity index (χ3v) is 3.98. The SMILES string of the molecule is O=C(Nc1ccccc1Cl)c1cnc(NCc2ccc(Cl)cc2)nc1. The summed E-state index contributed by atoms with van der Waals surface area (Å²) < 4.78 is 0. The van der Waals surface area contributed by atoms with E-state index in [1.807, 2.05) is 24.3 Å². The largest absolute Gasteiger partial charge is 0.350 e. The fourth-order valence-corrected chi connectivity index (χ4v) is 2.39. The normalized spacial score (nSPS) is 10.3. The summed E-state index contributed by atoms with van der Waals surface area (Å²) in [5, 5.41) is 6.97. The first kappa shape index (κ1) is 17.2. The molecule has 1 heterocycles. The summed E-state index contributed by atoms with van der Waals surface area (Å²) in [7, 11) is 0. The molecule has 1 aromatic heterocycles. The number of hydrogen-bond donors (Lipinski definition) is 2. The van der Waals surface area contributed by atoms with Crippen LogP contribution in [0, 0.1) is 0 Å². The second-order valence-corrected chi connectivity index (χ2v) is 6.05. The Labute approximate surface area is 155 Å². The Morgan fingerprint density at radius 3 is 2.32 bits per heavy atom. The van der Waals surface area contributed by atoms with Gasteiger partial charge in [0.05, 0.1) is 16.3 Å². The van der Waals surface area contributed by atoms with Crippen molar-refractivity contribution in [2.75, 3.05) is 10.6 Å². The number of hydrogen-bond acceptors (Lipinski definition) is 4. The Morgan fingerprint density at radius 2 is 1.64 bits per heavy atom. The standard InChI is InChI=1S/C18H14Cl2N4O/c19-14-7-5-12(6-8-14)9-21-18-22-10-13(11-23-18)17(25)24-16-4-2-1-3-15(16)20/h1-8,10-11H,9H2,(H,24,25)(H,21,22,23). The number of rotatable bonds is 5. The molecule has 2 N–H and O–H groups in total. The molecule has 0 aliphatic heterocycles. The maximum absolute atomic E-state index is 12.2. The first-order chi connectivity index (χ1) is 12.1. The highest BCUT2D eigenvalue weighted by atomic mass is 35.5. The lowest BCUT2D eigenvalue weighted by molar-refractivity contribution is 0.102. The van der Waals surface area contributed by atoms with Crippen molar-refractivity contribution < 1.29 is 4.79 Å². The van der Waals surface area contributed by atoms with Crippen LogP contribution in [0.3, 0.4) is 0 Å². The van der Waals surface area contributed by atoms with Gasteiger partial charge in [0, 0.05) is 24.0 Å². The maximum atomic E-state index is 12.2. The molecule has 0 bridgehead atoms. The van der Waals surface area contributed by atoms with E-state index in [0.29, 0.717) is 33.8 Å². The minimum atomic E-state index is -0.322. The lowest BCUT2D eigenvalue weighted by atomic mass is 10.2. The van der Waals surface area contributed by atoms with Gasteiger partial charge in [0.25, 0.3) is 5.91 Å². The lowest BCUT2D eigenvalue weighted by Crippen LogP contribution is -2.13. The second kappa shape index (κ2) is 7.96. The average Bonchev–Trinajstić information content (AvgIpc) is 2.63. The van der Waals surface area contributed by atoms with Gasteiger partial charge in [0.2, 0.25) is 5.95 Å². The highest BCUT2D eigenvalue weighted by Gasteiger charge is 2.09. The van der Waals surface area contributed by atoms with Crippen LogP contribution < -0.4 is 10.6 Å². The molecule has 0 aliphatic rings. The molecule has 1 amide bonds. The molecular formula is C18H14Cl2N4O. The van der Waals surface area contributed by atoms with Gasteiger partial charge in [0.1, 0.15) is 0 Å². The number of carbonyl (C=O) groups excluding carboxylic acids is 1. The minimum absolute atomic E-state index is 0.322. The van der Waals surface area contributed by atoms with Gasteiger partial charge in [-0.1, -0.05) is 47.5 Å². The highest BCUT2D eigenvalue weighted by molar-refractivity contribution is 6.33. The number of benzene rings is 2. The van der Waals surface area contributed by atoms with Gasteiger partial charge in [-0.2, -0.15) is 0 Å². The number of anilines is 2. The van der Waals surface area contributed by atoms with Crippen molar-refractivity contribution >= 4 is 40.7 Å². The Morgan fingerprint density at radius 1 is 0.960 bits per heavy atom. The molecule has 0 fully saturated rings. The number of halogens is 2. The molecule has 0 atom stereocenters. The molecule has 0 unspecified atom stereocenters. The highest BCUT2D eigenvalue weighted by Crippen LogP contribution is 2.21. The zero-order valence-corrected chi connectivity index (χ0v) is 14.6. The van der Waals surface area contributed by atoms with Gasteiger partial charge in [-0.25, -0.2) is 9.97 Å². The van der Waals surface area contributed by atoms with E-state index < -0.39 is 0 Å². The van der Waals surface area contributed by atoms with Crippen LogP contribution in [0.25, 0.3) is 0 Å². The fourth-order valence-electron chi connectivity index (χ4n) is 2.08. The summed E-state index contributed by atoms with van der Waals surface area (Å²) in [6, 6.07) is 14.5. The van der Waals surface area contributed by atoms with Crippen LogP contribution in [0.1, 0.15) is 15.9 Å². The first-order valence-electron chi connectivity index (χ1n) is 7.48. The molecule has 2 aromatic carbocycles. The third-order valence-electron chi connectivity index (χ3n) is 3.40. The van der Waals surface area contributed by atoms with Crippen molar-refractivity contribution in [1.82, 2.24) is 9.97 Å². The lowest BCUT2D eigenvalue weighted by Gasteiger charge is -2.08. The molecule has 126 valence electrons. The van der Waals surface area contributed by atoms with E-state index in [-0.39, 0.29) is 5.91 Å². The van der Waals surface area contributed by atoms with Gasteiger partial charge in [0.15, 0.2) is 0 Å². The van der Waals surface area contributed by atoms with Crippen LogP contribution in [0.2, 0.25) is 10.0 Å². The van der Waals surface area contributed by atoms with E-state index in [9.17, 15) is 4.79 Å². The average molecular weight is 373 g/mol. The summed E-state index contributed by atoms with van der Waals surface area (Å²) in [6.45, 7) is 0.558. The number of para-hydroxylation sites is 1. The minimum Gasteiger partial charge on any atom is -0.350 e. The van der Waals surface area contributed by atoms with Gasteiger partial charge >= 0.3 is 0 Å². The van der Waals surface area contributed by atoms with E-state index in [0.717, 1.165) is 5.56 Å². The summed E-state index contributed by atoms with van der Waals surface area (Å²) in [5.74, 6) is 0.113. The van der Waals surface area contributed by atoms with Gasteiger partial charge in [-0.15, -0.1) is 0 Å². The van der Waals surface area contributed by atoms with Crippen LogP contribution in [0.15, 0.2) is 60.9 Å². The summed E-state index contributed by atoms with van der Waals surface area (Å²) in [6.07, 6.45) is 2.92. The van der Waals surface area contributed by atoms with Crippen LogP contribution in [0.5, 0.6) is 0 Å². The van der Waals surface area contributed by atoms with E-state index >= 15 is 0 Å². The number of carbonyl (C=O) groups is 1. The van der Waals surface area contributed by atoms with E-state index in [2.05, 4.69) is 20.6 Å². The summed E-state index contributed by atoms with van der Waals surface area (Å²) in [5.41, 5.74) is 1.93. The van der Waals surface area contributed by atoms with Gasteiger partial charge in [-0.05, 0) is 29.8 Å². The molecule has 0 spiro atoms. The van der Waals surface area contributed by atoms with Crippen molar-refractivity contribution in [3.05, 3.63) is 82.1 Å². The summed E-state index contributed by atoms with van der Waals surface area (Å²) >= 11 is 11.9. The van der Waals surface area contributed by atoms with Crippen molar-refractivity contribution in [2.24, 2.45) is 0 Å². The zero-order valence-electron chi connectivity index (χ0n) is 13.0. The molecule has 7 heteroatoms. The third kappa shape index (κ3) is 4.68. The molecule has 0 aliphatic carbocycles. The number of nitrogens with one attached hydrogen (secondary N) is 2. The summed E-state index contributed by atoms with van der Waals surface area (Å²) in [4.78, 5) is 20.5. The molecule has 0 saturated heterocycles. The molecule has 3 aromatic rings. The van der Waals surface area contributed by atoms with Crippen molar-refractivity contribution in [1.29, 1.82) is 0 Å². The van der Waals surface area contributed by atoms with Crippen molar-refractivity contribution in [3.63, 3.8) is 0 Å². The van der Waals surface area contributed by atoms with Crippen molar-refractivity contribution in [2.45, 2.75) is 6.54 Å². The molecule has 0 radical (unpaired) electrons. The quantitative estimate of drug-likeness (QED) is 0.683. The molecule has 0 saturated carbocycles. The molecule has 25 heavy (non-hydrogen) atoms. The Hall–Kier alpha value is -2.63. The Bertz CT molecular complexity index is 867. The number of nitrogens with zero attached hydrogens (tertiary/aromatic N) is 2. The van der Waals surface area contributed by atoms with E-state index in [1.165, 1.54) is 12.4 Å². The fraction of sp³-hybridized carbons (Fsp3) is 0.0556. The second-order valence-electron chi connectivity index (χ2n) is 5.21. The predicted molar refractivity (Wildman–Crippen MR) is 100 cm³/mol. The smallest absolute Gasteiger partial charge is 0.258 e. The van der Waals surface area contributed by atoms with E-state index in [1.54, 1.807) is 24.3 Å². The molecule has 5 nitrogen and oxygen atoms in total. The van der Waals surface area contributed by atoms with Gasteiger partial charge < -0.3 is 10.6 Å². The first-order valence-corrected chi connectivity index (χ1v) is 8.23. The van der Waals surface area contributed by atoms with Crippen LogP contribution in [0.4, 0.5) is 11.6 Å². The number of aromatic nitrogens is 2. The Balaban J connectivity index is 1.60. The van der Waals surface area contributed by atoms with Crippen LogP contribution >= 0.6 is 23.2 Å². The van der Waals surface area contributed by atoms with Gasteiger partial charge in [-0.3, -0.25) is 4.79 Å². The molecule has 3 rings (SSSR count). The van der Waals surface area contributed by atoms with Crippen molar-refractivity contribution in [3.8, 4) is 0 Å². The monoisotopic (exact) mass is 372 g/mol. The molecular weight excluding hydrogens is 359 g/mol. The predicted octanol–water partition coefficient (Wildman–Crippen LogP) is 4.65. The maximum Gasteiger partial charge on any atom is 0.258 e. The number of amides is 1. The van der Waals surface area contributed by atoms with E-state index in [4.69, 9.17) is 23.2 Å². The van der Waals surface area contributed by atoms with Crippen LogP contribution in [-0.2, 0) is 6.54 Å². The van der Waals surface area contributed by atoms with Crippen LogP contribution in [-0.4, -0.2) is 15.9 Å². The zero-order chi connectivity index (χ0) is 17.6. The topological polar surface area (TPSA) is 66.9 Å².